The minimum atomic E-state index is -1.05. The Morgan fingerprint density at radius 3 is 2.70 bits per heavy atom. The normalized spacial score (nSPS) is 32.5. The zero-order chi connectivity index (χ0) is 7.61. The fourth-order valence-corrected chi connectivity index (χ4v) is 2.35. The smallest absolute Gasteiger partial charge is 0.313 e. The molecule has 0 saturated carbocycles. The van der Waals surface area contributed by atoms with Gasteiger partial charge in [0.1, 0.15) is 12.1 Å². The number of hydrogen-bond acceptors (Lipinski definition) is 2. The SMILES string of the molecule is O=C(O)C1(CF)CCSC1. The van der Waals surface area contributed by atoms with E-state index in [4.69, 9.17) is 5.11 Å². The summed E-state index contributed by atoms with van der Waals surface area (Å²) in [6.45, 7) is -0.727. The predicted octanol–water partition coefficient (Wildman–Crippen LogP) is 1.16. The number of carboxylic acid groups (broad SMARTS) is 1. The Balaban J connectivity index is 2.67. The van der Waals surface area contributed by atoms with Gasteiger partial charge in [-0.25, -0.2) is 4.39 Å². The Kier molecular flexibility index (Phi) is 2.18. The Morgan fingerprint density at radius 2 is 2.50 bits per heavy atom. The van der Waals surface area contributed by atoms with E-state index in [9.17, 15) is 9.18 Å². The maximum atomic E-state index is 12.2. The third-order valence-electron chi connectivity index (χ3n) is 1.81. The first-order valence-electron chi connectivity index (χ1n) is 3.08. The lowest BCUT2D eigenvalue weighted by Gasteiger charge is -2.17. The van der Waals surface area contributed by atoms with Crippen LogP contribution in [-0.4, -0.2) is 29.3 Å². The van der Waals surface area contributed by atoms with Gasteiger partial charge in [0.2, 0.25) is 0 Å². The first kappa shape index (κ1) is 7.85. The van der Waals surface area contributed by atoms with Crippen molar-refractivity contribution in [3.05, 3.63) is 0 Å². The number of alkyl halides is 1. The van der Waals surface area contributed by atoms with Gasteiger partial charge in [0, 0.05) is 5.75 Å². The molecule has 4 heteroatoms. The summed E-state index contributed by atoms with van der Waals surface area (Å²) in [4.78, 5) is 10.5. The maximum Gasteiger partial charge on any atom is 0.313 e. The van der Waals surface area contributed by atoms with Crippen LogP contribution in [0.1, 0.15) is 6.42 Å². The Bertz CT molecular complexity index is 143. The van der Waals surface area contributed by atoms with Gasteiger partial charge in [-0.05, 0) is 12.2 Å². The Hall–Kier alpha value is -0.250. The summed E-state index contributed by atoms with van der Waals surface area (Å²) in [5, 5.41) is 8.61. The van der Waals surface area contributed by atoms with E-state index in [0.717, 1.165) is 5.75 Å². The quantitative estimate of drug-likeness (QED) is 0.665. The molecule has 0 aliphatic carbocycles. The van der Waals surface area contributed by atoms with Crippen molar-refractivity contribution in [1.82, 2.24) is 0 Å². The van der Waals surface area contributed by atoms with E-state index in [1.165, 1.54) is 11.8 Å². The van der Waals surface area contributed by atoms with Crippen molar-refractivity contribution >= 4 is 17.7 Å². The molecule has 1 aliphatic rings. The van der Waals surface area contributed by atoms with Gasteiger partial charge in [0.15, 0.2) is 0 Å². The number of rotatable bonds is 2. The summed E-state index contributed by atoms with van der Waals surface area (Å²) in [5.74, 6) is 0.217. The first-order valence-corrected chi connectivity index (χ1v) is 4.24. The second-order valence-corrected chi connectivity index (χ2v) is 3.63. The number of carbonyl (C=O) groups is 1. The lowest BCUT2D eigenvalue weighted by atomic mass is 9.90. The van der Waals surface area contributed by atoms with Crippen LogP contribution in [0, 0.1) is 5.41 Å². The zero-order valence-electron chi connectivity index (χ0n) is 5.47. The molecule has 1 saturated heterocycles. The fourth-order valence-electron chi connectivity index (χ4n) is 0.938. The molecule has 0 aromatic rings. The third kappa shape index (κ3) is 1.12. The van der Waals surface area contributed by atoms with Crippen molar-refractivity contribution < 1.29 is 14.3 Å². The van der Waals surface area contributed by atoms with Gasteiger partial charge in [-0.1, -0.05) is 0 Å². The van der Waals surface area contributed by atoms with Crippen LogP contribution >= 0.6 is 11.8 Å². The minimum Gasteiger partial charge on any atom is -0.481 e. The molecule has 1 aliphatic heterocycles. The predicted molar refractivity (Wildman–Crippen MR) is 38.0 cm³/mol. The highest BCUT2D eigenvalue weighted by molar-refractivity contribution is 7.99. The van der Waals surface area contributed by atoms with Gasteiger partial charge in [-0.2, -0.15) is 11.8 Å². The molecule has 0 aromatic heterocycles. The van der Waals surface area contributed by atoms with E-state index in [1.54, 1.807) is 0 Å². The first-order chi connectivity index (χ1) is 4.71. The average molecular weight is 164 g/mol. The fraction of sp³-hybridized carbons (Fsp3) is 0.833. The lowest BCUT2D eigenvalue weighted by Crippen LogP contribution is -2.32. The Morgan fingerprint density at radius 1 is 1.80 bits per heavy atom. The van der Waals surface area contributed by atoms with Crippen LogP contribution in [0.5, 0.6) is 0 Å². The van der Waals surface area contributed by atoms with E-state index in [1.807, 2.05) is 0 Å². The van der Waals surface area contributed by atoms with Gasteiger partial charge in [-0.3, -0.25) is 4.79 Å². The van der Waals surface area contributed by atoms with Gasteiger partial charge in [-0.15, -0.1) is 0 Å². The molecule has 1 atom stereocenters. The Labute approximate surface area is 62.8 Å². The van der Waals surface area contributed by atoms with Crippen LogP contribution in [0.4, 0.5) is 4.39 Å². The second kappa shape index (κ2) is 2.78. The summed E-state index contributed by atoms with van der Waals surface area (Å²) in [7, 11) is 0. The van der Waals surface area contributed by atoms with Crippen LogP contribution in [0.3, 0.4) is 0 Å². The van der Waals surface area contributed by atoms with Crippen molar-refractivity contribution in [3.63, 3.8) is 0 Å². The molecule has 1 heterocycles. The number of thioether (sulfide) groups is 1. The molecule has 2 nitrogen and oxygen atoms in total. The summed E-state index contributed by atoms with van der Waals surface area (Å²) < 4.78 is 12.2. The molecule has 58 valence electrons. The largest absolute Gasteiger partial charge is 0.481 e. The molecule has 1 rings (SSSR count). The van der Waals surface area contributed by atoms with E-state index in [2.05, 4.69) is 0 Å². The molecule has 1 fully saturated rings. The van der Waals surface area contributed by atoms with E-state index in [0.29, 0.717) is 12.2 Å². The van der Waals surface area contributed by atoms with Gasteiger partial charge < -0.3 is 5.11 Å². The molecule has 10 heavy (non-hydrogen) atoms. The molecule has 1 N–H and O–H groups in total. The molecule has 0 spiro atoms. The molecule has 0 bridgehead atoms. The van der Waals surface area contributed by atoms with Gasteiger partial charge in [0.05, 0.1) is 0 Å². The zero-order valence-corrected chi connectivity index (χ0v) is 6.29. The van der Waals surface area contributed by atoms with Crippen molar-refractivity contribution in [3.8, 4) is 0 Å². The van der Waals surface area contributed by atoms with E-state index >= 15 is 0 Å². The summed E-state index contributed by atoms with van der Waals surface area (Å²) in [6.07, 6.45) is 0.476. The molecule has 1 unspecified atom stereocenters. The highest BCUT2D eigenvalue weighted by Gasteiger charge is 2.41. The molecular formula is C6H9FO2S. The number of aliphatic carboxylic acids is 1. The lowest BCUT2D eigenvalue weighted by molar-refractivity contribution is -0.148. The molecule has 0 aromatic carbocycles. The van der Waals surface area contributed by atoms with Crippen LogP contribution in [0.2, 0.25) is 0 Å². The molecule has 0 radical (unpaired) electrons. The number of hydrogen-bond donors (Lipinski definition) is 1. The van der Waals surface area contributed by atoms with Crippen LogP contribution in [0.25, 0.3) is 0 Å². The second-order valence-electron chi connectivity index (χ2n) is 2.52. The van der Waals surface area contributed by atoms with Crippen molar-refractivity contribution in [1.29, 1.82) is 0 Å². The third-order valence-corrected chi connectivity index (χ3v) is 3.06. The highest BCUT2D eigenvalue weighted by Crippen LogP contribution is 2.36. The number of halogens is 1. The summed E-state index contributed by atoms with van der Waals surface area (Å²) >= 11 is 1.51. The highest BCUT2D eigenvalue weighted by atomic mass is 32.2. The van der Waals surface area contributed by atoms with Crippen molar-refractivity contribution in [2.75, 3.05) is 18.2 Å². The van der Waals surface area contributed by atoms with E-state index in [-0.39, 0.29) is 0 Å². The summed E-state index contributed by atoms with van der Waals surface area (Å²) in [6, 6.07) is 0. The molecule has 0 amide bonds. The van der Waals surface area contributed by atoms with Crippen molar-refractivity contribution in [2.45, 2.75) is 6.42 Å². The molecular weight excluding hydrogens is 155 g/mol. The van der Waals surface area contributed by atoms with E-state index < -0.39 is 18.1 Å². The van der Waals surface area contributed by atoms with Gasteiger partial charge in [0.25, 0.3) is 0 Å². The minimum absolute atomic E-state index is 0.429. The topological polar surface area (TPSA) is 37.3 Å². The maximum absolute atomic E-state index is 12.2. The monoisotopic (exact) mass is 164 g/mol. The standard InChI is InChI=1S/C6H9FO2S/c7-3-6(5(8)9)1-2-10-4-6/h1-4H2,(H,8,9). The van der Waals surface area contributed by atoms with Crippen LogP contribution < -0.4 is 0 Å². The van der Waals surface area contributed by atoms with Crippen molar-refractivity contribution in [2.24, 2.45) is 5.41 Å². The van der Waals surface area contributed by atoms with Crippen LogP contribution in [-0.2, 0) is 4.79 Å². The average Bonchev–Trinajstić information content (AvgIpc) is 2.35. The van der Waals surface area contributed by atoms with Gasteiger partial charge >= 0.3 is 5.97 Å². The summed E-state index contributed by atoms with van der Waals surface area (Å²) in [5.41, 5.74) is -1.05. The number of carboxylic acids is 1. The van der Waals surface area contributed by atoms with Crippen LogP contribution in [0.15, 0.2) is 0 Å².